The van der Waals surface area contributed by atoms with E-state index in [1.807, 2.05) is 0 Å². The highest BCUT2D eigenvalue weighted by atomic mass is 16.3. The summed E-state index contributed by atoms with van der Waals surface area (Å²) < 4.78 is 0. The predicted octanol–water partition coefficient (Wildman–Crippen LogP) is 0.860. The van der Waals surface area contributed by atoms with Gasteiger partial charge in [-0.05, 0) is 19.4 Å². The van der Waals surface area contributed by atoms with Crippen LogP contribution >= 0.6 is 0 Å². The molecule has 2 atom stereocenters. The lowest BCUT2D eigenvalue weighted by molar-refractivity contribution is 0.0734. The summed E-state index contributed by atoms with van der Waals surface area (Å²) in [5.74, 6) is 0. The molecule has 10 heavy (non-hydrogen) atoms. The Morgan fingerprint density at radius 1 is 1.50 bits per heavy atom. The van der Waals surface area contributed by atoms with Gasteiger partial charge in [-0.25, -0.2) is 0 Å². The molecule has 0 saturated heterocycles. The molecular formula is C8H14O2. The van der Waals surface area contributed by atoms with E-state index in [0.29, 0.717) is 5.57 Å². The van der Waals surface area contributed by atoms with E-state index in [9.17, 15) is 0 Å². The van der Waals surface area contributed by atoms with E-state index in [-0.39, 0.29) is 0 Å². The van der Waals surface area contributed by atoms with Crippen LogP contribution in [0.2, 0.25) is 0 Å². The Kier molecular flexibility index (Phi) is 4.00. The van der Waals surface area contributed by atoms with E-state index >= 15 is 0 Å². The van der Waals surface area contributed by atoms with Crippen molar-refractivity contribution in [1.82, 2.24) is 0 Å². The quantitative estimate of drug-likeness (QED) is 0.574. The molecular weight excluding hydrogens is 128 g/mol. The second-order valence-corrected chi connectivity index (χ2v) is 2.31. The molecule has 2 unspecified atom stereocenters. The highest BCUT2D eigenvalue weighted by molar-refractivity contribution is 5.05. The third kappa shape index (κ3) is 2.80. The maximum Gasteiger partial charge on any atom is 0.104 e. The zero-order chi connectivity index (χ0) is 8.15. The molecule has 0 spiro atoms. The molecule has 2 N–H and O–H groups in total. The van der Waals surface area contributed by atoms with Crippen LogP contribution < -0.4 is 0 Å². The van der Waals surface area contributed by atoms with Gasteiger partial charge in [0.2, 0.25) is 0 Å². The van der Waals surface area contributed by atoms with Crippen LogP contribution in [0.25, 0.3) is 0 Å². The van der Waals surface area contributed by atoms with E-state index in [1.165, 1.54) is 6.08 Å². The van der Waals surface area contributed by atoms with Crippen LogP contribution in [-0.4, -0.2) is 22.4 Å². The van der Waals surface area contributed by atoms with Gasteiger partial charge in [0, 0.05) is 0 Å². The molecule has 0 bridgehead atoms. The zero-order valence-electron chi connectivity index (χ0n) is 6.41. The number of aliphatic hydroxyl groups is 2. The number of hydrogen-bond acceptors (Lipinski definition) is 2. The lowest BCUT2D eigenvalue weighted by atomic mass is 10.1. The standard InChI is InChI=1S/C8H14O2/c1-4-5-7(9)8(10)6(2)3/h4-5,7-10H,2H2,1,3H3/b5-4+. The summed E-state index contributed by atoms with van der Waals surface area (Å²) in [5, 5.41) is 18.2. The van der Waals surface area contributed by atoms with Gasteiger partial charge in [-0.15, -0.1) is 0 Å². The highest BCUT2D eigenvalue weighted by Crippen LogP contribution is 2.04. The van der Waals surface area contributed by atoms with Crippen LogP contribution in [-0.2, 0) is 0 Å². The van der Waals surface area contributed by atoms with Crippen molar-refractivity contribution in [2.45, 2.75) is 26.1 Å². The van der Waals surface area contributed by atoms with Crippen molar-refractivity contribution in [1.29, 1.82) is 0 Å². The van der Waals surface area contributed by atoms with E-state index in [2.05, 4.69) is 6.58 Å². The van der Waals surface area contributed by atoms with E-state index in [1.54, 1.807) is 19.9 Å². The first-order valence-electron chi connectivity index (χ1n) is 3.24. The molecule has 2 heteroatoms. The van der Waals surface area contributed by atoms with E-state index < -0.39 is 12.2 Å². The summed E-state index contributed by atoms with van der Waals surface area (Å²) in [4.78, 5) is 0. The first-order valence-corrected chi connectivity index (χ1v) is 3.24. The van der Waals surface area contributed by atoms with E-state index in [0.717, 1.165) is 0 Å². The zero-order valence-corrected chi connectivity index (χ0v) is 6.41. The maximum absolute atomic E-state index is 9.13. The van der Waals surface area contributed by atoms with Gasteiger partial charge in [-0.2, -0.15) is 0 Å². The van der Waals surface area contributed by atoms with Crippen LogP contribution in [0.5, 0.6) is 0 Å². The lowest BCUT2D eigenvalue weighted by Crippen LogP contribution is -2.24. The topological polar surface area (TPSA) is 40.5 Å². The van der Waals surface area contributed by atoms with Gasteiger partial charge in [0.25, 0.3) is 0 Å². The molecule has 0 aromatic heterocycles. The Morgan fingerprint density at radius 3 is 2.30 bits per heavy atom. The van der Waals surface area contributed by atoms with Crippen molar-refractivity contribution in [3.05, 3.63) is 24.3 Å². The Hall–Kier alpha value is -0.600. The van der Waals surface area contributed by atoms with Crippen molar-refractivity contribution in [2.75, 3.05) is 0 Å². The molecule has 0 radical (unpaired) electrons. The SMILES string of the molecule is C=C(C)C(O)C(O)/C=C/C. The summed E-state index contributed by atoms with van der Waals surface area (Å²) in [6.45, 7) is 6.98. The smallest absolute Gasteiger partial charge is 0.104 e. The van der Waals surface area contributed by atoms with Gasteiger partial charge in [0.05, 0.1) is 0 Å². The van der Waals surface area contributed by atoms with Gasteiger partial charge in [0.1, 0.15) is 12.2 Å². The minimum Gasteiger partial charge on any atom is -0.386 e. The van der Waals surface area contributed by atoms with Crippen molar-refractivity contribution in [3.63, 3.8) is 0 Å². The molecule has 0 amide bonds. The fourth-order valence-electron chi connectivity index (χ4n) is 0.594. The third-order valence-electron chi connectivity index (χ3n) is 1.22. The lowest BCUT2D eigenvalue weighted by Gasteiger charge is -2.13. The monoisotopic (exact) mass is 142 g/mol. The molecule has 0 saturated carbocycles. The van der Waals surface area contributed by atoms with Gasteiger partial charge in [0.15, 0.2) is 0 Å². The largest absolute Gasteiger partial charge is 0.386 e. The Labute approximate surface area is 61.5 Å². The van der Waals surface area contributed by atoms with Crippen LogP contribution in [0.3, 0.4) is 0 Å². The second kappa shape index (κ2) is 4.25. The molecule has 0 fully saturated rings. The van der Waals surface area contributed by atoms with Crippen LogP contribution in [0.15, 0.2) is 24.3 Å². The Balaban J connectivity index is 3.93. The average molecular weight is 142 g/mol. The fourth-order valence-corrected chi connectivity index (χ4v) is 0.594. The molecule has 0 heterocycles. The minimum atomic E-state index is -0.837. The number of allylic oxidation sites excluding steroid dienone is 1. The molecule has 0 aliphatic rings. The first-order chi connectivity index (χ1) is 4.59. The number of aliphatic hydroxyl groups excluding tert-OH is 2. The van der Waals surface area contributed by atoms with Crippen molar-refractivity contribution >= 4 is 0 Å². The molecule has 2 nitrogen and oxygen atoms in total. The van der Waals surface area contributed by atoms with Gasteiger partial charge < -0.3 is 10.2 Å². The van der Waals surface area contributed by atoms with Crippen molar-refractivity contribution in [2.24, 2.45) is 0 Å². The third-order valence-corrected chi connectivity index (χ3v) is 1.22. The molecule has 0 rings (SSSR count). The minimum absolute atomic E-state index is 0.575. The van der Waals surface area contributed by atoms with Gasteiger partial charge in [-0.3, -0.25) is 0 Å². The first kappa shape index (κ1) is 9.40. The summed E-state index contributed by atoms with van der Waals surface area (Å²) in [6, 6.07) is 0. The summed E-state index contributed by atoms with van der Waals surface area (Å²) in [5.41, 5.74) is 0.575. The average Bonchev–Trinajstić information content (AvgIpc) is 1.87. The molecule has 0 aromatic carbocycles. The second-order valence-electron chi connectivity index (χ2n) is 2.31. The van der Waals surface area contributed by atoms with E-state index in [4.69, 9.17) is 10.2 Å². The van der Waals surface area contributed by atoms with Gasteiger partial charge in [-0.1, -0.05) is 18.7 Å². The number of hydrogen-bond donors (Lipinski definition) is 2. The summed E-state index contributed by atoms with van der Waals surface area (Å²) in [7, 11) is 0. The van der Waals surface area contributed by atoms with Gasteiger partial charge >= 0.3 is 0 Å². The fraction of sp³-hybridized carbons (Fsp3) is 0.500. The number of rotatable bonds is 3. The normalized spacial score (nSPS) is 17.2. The van der Waals surface area contributed by atoms with Crippen LogP contribution in [0.1, 0.15) is 13.8 Å². The molecule has 0 aromatic rings. The highest BCUT2D eigenvalue weighted by Gasteiger charge is 2.12. The molecule has 58 valence electrons. The van der Waals surface area contributed by atoms with Crippen molar-refractivity contribution in [3.8, 4) is 0 Å². The summed E-state index contributed by atoms with van der Waals surface area (Å²) in [6.07, 6.45) is 1.56. The van der Waals surface area contributed by atoms with Crippen LogP contribution in [0, 0.1) is 0 Å². The Bertz CT molecular complexity index is 138. The van der Waals surface area contributed by atoms with Crippen molar-refractivity contribution < 1.29 is 10.2 Å². The Morgan fingerprint density at radius 2 is 2.00 bits per heavy atom. The maximum atomic E-state index is 9.13. The molecule has 0 aliphatic heterocycles. The predicted molar refractivity (Wildman–Crippen MR) is 41.6 cm³/mol. The summed E-state index contributed by atoms with van der Waals surface area (Å²) >= 11 is 0. The van der Waals surface area contributed by atoms with Crippen LogP contribution in [0.4, 0.5) is 0 Å². The molecule has 0 aliphatic carbocycles.